The third kappa shape index (κ3) is 3.59. The summed E-state index contributed by atoms with van der Waals surface area (Å²) in [6.45, 7) is 3.42. The molecule has 152 valence electrons. The van der Waals surface area contributed by atoms with Crippen molar-refractivity contribution in [3.05, 3.63) is 59.4 Å². The number of carbonyl (C=O) groups is 2. The minimum absolute atomic E-state index is 0.0206. The van der Waals surface area contributed by atoms with Crippen molar-refractivity contribution in [1.82, 2.24) is 15.2 Å². The Morgan fingerprint density at radius 3 is 2.72 bits per heavy atom. The highest BCUT2D eigenvalue weighted by Crippen LogP contribution is 2.52. The van der Waals surface area contributed by atoms with E-state index in [-0.39, 0.29) is 23.1 Å². The van der Waals surface area contributed by atoms with Crippen LogP contribution in [-0.2, 0) is 11.3 Å². The molecular weight excluding hydrogens is 366 g/mol. The minimum Gasteiger partial charge on any atom is -0.496 e. The lowest BCUT2D eigenvalue weighted by molar-refractivity contribution is -0.129. The van der Waals surface area contributed by atoms with Gasteiger partial charge in [0, 0.05) is 35.8 Å². The van der Waals surface area contributed by atoms with Gasteiger partial charge in [0.15, 0.2) is 0 Å². The number of aromatic nitrogens is 1. The fourth-order valence-electron chi connectivity index (χ4n) is 4.66. The van der Waals surface area contributed by atoms with Crippen LogP contribution >= 0.6 is 0 Å². The molecule has 0 radical (unpaired) electrons. The van der Waals surface area contributed by atoms with Crippen molar-refractivity contribution in [2.45, 2.75) is 32.7 Å². The van der Waals surface area contributed by atoms with Gasteiger partial charge >= 0.3 is 0 Å². The monoisotopic (exact) mass is 393 g/mol. The highest BCUT2D eigenvalue weighted by atomic mass is 16.5. The third-order valence-electron chi connectivity index (χ3n) is 6.51. The second-order valence-corrected chi connectivity index (χ2v) is 8.13. The summed E-state index contributed by atoms with van der Waals surface area (Å²) >= 11 is 0. The molecule has 2 heterocycles. The predicted molar refractivity (Wildman–Crippen MR) is 109 cm³/mol. The largest absolute Gasteiger partial charge is 0.496 e. The van der Waals surface area contributed by atoms with E-state index in [1.807, 2.05) is 48.2 Å². The zero-order valence-corrected chi connectivity index (χ0v) is 17.0. The molecule has 1 aliphatic carbocycles. The summed E-state index contributed by atoms with van der Waals surface area (Å²) in [5, 5.41) is 3.03. The maximum Gasteiger partial charge on any atom is 0.254 e. The van der Waals surface area contributed by atoms with Gasteiger partial charge in [-0.15, -0.1) is 0 Å². The zero-order valence-electron chi connectivity index (χ0n) is 17.0. The van der Waals surface area contributed by atoms with Crippen LogP contribution in [0.15, 0.2) is 42.6 Å². The Bertz CT molecular complexity index is 909. The van der Waals surface area contributed by atoms with Crippen molar-refractivity contribution in [3.63, 3.8) is 0 Å². The van der Waals surface area contributed by atoms with Crippen molar-refractivity contribution in [2.24, 2.45) is 11.3 Å². The summed E-state index contributed by atoms with van der Waals surface area (Å²) in [6.07, 6.45) is 4.83. The Kier molecular flexibility index (Phi) is 5.26. The van der Waals surface area contributed by atoms with Gasteiger partial charge < -0.3 is 15.0 Å². The first-order valence-corrected chi connectivity index (χ1v) is 10.1. The van der Waals surface area contributed by atoms with Gasteiger partial charge in [0.1, 0.15) is 5.75 Å². The smallest absolute Gasteiger partial charge is 0.254 e. The summed E-state index contributed by atoms with van der Waals surface area (Å²) in [4.78, 5) is 32.4. The molecule has 2 fully saturated rings. The third-order valence-corrected chi connectivity index (χ3v) is 6.51. The number of ether oxygens (including phenoxy) is 1. The van der Waals surface area contributed by atoms with Crippen LogP contribution in [0.4, 0.5) is 0 Å². The van der Waals surface area contributed by atoms with Gasteiger partial charge in [-0.1, -0.05) is 18.6 Å². The van der Waals surface area contributed by atoms with Gasteiger partial charge in [0.05, 0.1) is 25.3 Å². The first-order chi connectivity index (χ1) is 14.0. The van der Waals surface area contributed by atoms with E-state index in [0.717, 1.165) is 30.5 Å². The number of amides is 2. The number of hydrogen-bond donors (Lipinski definition) is 1. The van der Waals surface area contributed by atoms with E-state index in [2.05, 4.69) is 10.3 Å². The second-order valence-electron chi connectivity index (χ2n) is 8.13. The number of likely N-dealkylation sites (tertiary alicyclic amines) is 1. The van der Waals surface area contributed by atoms with Crippen LogP contribution in [-0.4, -0.2) is 41.9 Å². The maximum absolute atomic E-state index is 13.2. The Labute approximate surface area is 171 Å². The molecule has 29 heavy (non-hydrogen) atoms. The van der Waals surface area contributed by atoms with Crippen molar-refractivity contribution in [3.8, 4) is 5.75 Å². The van der Waals surface area contributed by atoms with Crippen LogP contribution in [0.1, 0.15) is 40.9 Å². The van der Waals surface area contributed by atoms with Crippen LogP contribution in [0.25, 0.3) is 0 Å². The molecule has 1 spiro atoms. The molecule has 1 unspecified atom stereocenters. The van der Waals surface area contributed by atoms with Gasteiger partial charge in [-0.3, -0.25) is 14.6 Å². The van der Waals surface area contributed by atoms with Gasteiger partial charge in [-0.25, -0.2) is 0 Å². The van der Waals surface area contributed by atoms with Crippen molar-refractivity contribution >= 4 is 11.8 Å². The molecule has 4 rings (SSSR count). The van der Waals surface area contributed by atoms with Crippen molar-refractivity contribution in [2.75, 3.05) is 20.2 Å². The summed E-state index contributed by atoms with van der Waals surface area (Å²) in [5.74, 6) is 0.536. The summed E-state index contributed by atoms with van der Waals surface area (Å²) in [6, 6.07) is 11.2. The number of methoxy groups -OCH3 is 1. The fraction of sp³-hybridized carbons (Fsp3) is 0.435. The van der Waals surface area contributed by atoms with E-state index in [4.69, 9.17) is 4.74 Å². The number of carbonyl (C=O) groups excluding carboxylic acids is 2. The van der Waals surface area contributed by atoms with Crippen LogP contribution in [0.5, 0.6) is 5.75 Å². The van der Waals surface area contributed by atoms with Crippen molar-refractivity contribution < 1.29 is 14.3 Å². The van der Waals surface area contributed by atoms with E-state index in [1.165, 1.54) is 0 Å². The molecule has 1 atom stereocenters. The lowest BCUT2D eigenvalue weighted by atomic mass is 9.62. The number of pyridine rings is 1. The molecular formula is C23H27N3O3. The first-order valence-electron chi connectivity index (χ1n) is 10.1. The molecule has 1 aliphatic heterocycles. The average Bonchev–Trinajstić information content (AvgIpc) is 3.14. The van der Waals surface area contributed by atoms with Gasteiger partial charge in [-0.05, 0) is 44.0 Å². The van der Waals surface area contributed by atoms with E-state index in [9.17, 15) is 9.59 Å². The maximum atomic E-state index is 13.2. The molecule has 1 aromatic carbocycles. The number of rotatable bonds is 5. The lowest BCUT2D eigenvalue weighted by Gasteiger charge is -2.41. The van der Waals surface area contributed by atoms with E-state index >= 15 is 0 Å². The fourth-order valence-corrected chi connectivity index (χ4v) is 4.66. The van der Waals surface area contributed by atoms with Gasteiger partial charge in [0.25, 0.3) is 5.91 Å². The van der Waals surface area contributed by atoms with Crippen LogP contribution in [0.3, 0.4) is 0 Å². The Morgan fingerprint density at radius 2 is 2.07 bits per heavy atom. The lowest BCUT2D eigenvalue weighted by Crippen LogP contribution is -2.45. The molecule has 1 saturated carbocycles. The predicted octanol–water partition coefficient (Wildman–Crippen LogP) is 2.96. The highest BCUT2D eigenvalue weighted by molar-refractivity contribution is 5.97. The van der Waals surface area contributed by atoms with E-state index in [0.29, 0.717) is 30.9 Å². The molecule has 6 heteroatoms. The minimum atomic E-state index is -0.171. The molecule has 1 aromatic heterocycles. The average molecular weight is 393 g/mol. The number of nitrogens with one attached hydrogen (secondary N) is 1. The van der Waals surface area contributed by atoms with Crippen LogP contribution < -0.4 is 10.1 Å². The molecule has 0 bridgehead atoms. The van der Waals surface area contributed by atoms with E-state index < -0.39 is 0 Å². The van der Waals surface area contributed by atoms with Crippen molar-refractivity contribution in [1.29, 1.82) is 0 Å². The van der Waals surface area contributed by atoms with Crippen LogP contribution in [0.2, 0.25) is 0 Å². The quantitative estimate of drug-likeness (QED) is 0.848. The Balaban J connectivity index is 1.49. The molecule has 6 nitrogen and oxygen atoms in total. The molecule has 1 saturated heterocycles. The topological polar surface area (TPSA) is 71.5 Å². The van der Waals surface area contributed by atoms with Gasteiger partial charge in [-0.2, -0.15) is 0 Å². The number of nitrogens with zero attached hydrogens (tertiary/aromatic N) is 2. The molecule has 2 aliphatic rings. The van der Waals surface area contributed by atoms with E-state index in [1.54, 1.807) is 13.3 Å². The second kappa shape index (κ2) is 7.85. The Morgan fingerprint density at radius 1 is 1.24 bits per heavy atom. The SMILES string of the molecule is COc1cccc(C(=O)N2CC(C(=O)NCc3ccccn3)C3(CCC3)C2)c1C. The molecule has 2 amide bonds. The standard InChI is InChI=1S/C23H27N3O3/c1-16-18(8-5-9-20(16)29-2)22(28)26-14-19(23(15-26)10-6-11-23)21(27)25-13-17-7-3-4-12-24-17/h3-5,7-9,12,19H,6,10-11,13-15H2,1-2H3,(H,25,27). The van der Waals surface area contributed by atoms with Gasteiger partial charge in [0.2, 0.25) is 5.91 Å². The normalized spacial score (nSPS) is 19.7. The Hall–Kier alpha value is -2.89. The zero-order chi connectivity index (χ0) is 20.4. The summed E-state index contributed by atoms with van der Waals surface area (Å²) < 4.78 is 5.36. The van der Waals surface area contributed by atoms with Crippen LogP contribution in [0, 0.1) is 18.3 Å². The number of hydrogen-bond acceptors (Lipinski definition) is 4. The summed E-state index contributed by atoms with van der Waals surface area (Å²) in [7, 11) is 1.61. The molecule has 2 aromatic rings. The summed E-state index contributed by atoms with van der Waals surface area (Å²) in [5.41, 5.74) is 2.23. The highest BCUT2D eigenvalue weighted by Gasteiger charge is 2.54. The first kappa shape index (κ1) is 19.4. The number of benzene rings is 1. The molecule has 1 N–H and O–H groups in total.